The van der Waals surface area contributed by atoms with E-state index in [1.807, 2.05) is 6.07 Å². The minimum absolute atomic E-state index is 0.0777. The fraction of sp³-hybridized carbons (Fsp3) is 0.364. The van der Waals surface area contributed by atoms with Gasteiger partial charge in [-0.05, 0) is 25.0 Å². The summed E-state index contributed by atoms with van der Waals surface area (Å²) >= 11 is 0. The number of nitrogens with zero attached hydrogens (tertiary/aromatic N) is 2. The van der Waals surface area contributed by atoms with Gasteiger partial charge in [0.2, 0.25) is 0 Å². The minimum atomic E-state index is -3.54. The van der Waals surface area contributed by atoms with Gasteiger partial charge in [-0.25, -0.2) is 18.1 Å². The Bertz CT molecular complexity index is 688. The Hall–Kier alpha value is -1.60. The van der Waals surface area contributed by atoms with Gasteiger partial charge in [-0.2, -0.15) is 0 Å². The Morgan fingerprint density at radius 2 is 2.17 bits per heavy atom. The Morgan fingerprint density at radius 3 is 2.83 bits per heavy atom. The molecule has 0 atom stereocenters. The van der Waals surface area contributed by atoms with Crippen molar-refractivity contribution in [2.24, 2.45) is 0 Å². The lowest BCUT2D eigenvalue weighted by atomic mass is 10.5. The second-order valence-corrected chi connectivity index (χ2v) is 5.97. The van der Waals surface area contributed by atoms with Gasteiger partial charge in [-0.15, -0.1) is 0 Å². The van der Waals surface area contributed by atoms with Crippen LogP contribution in [0.4, 0.5) is 5.82 Å². The van der Waals surface area contributed by atoms with Gasteiger partial charge in [-0.1, -0.05) is 6.07 Å². The molecule has 0 unspecified atom stereocenters. The first-order chi connectivity index (χ1) is 8.62. The second kappa shape index (κ2) is 3.96. The van der Waals surface area contributed by atoms with Crippen LogP contribution in [0.15, 0.2) is 29.4 Å². The van der Waals surface area contributed by atoms with E-state index >= 15 is 0 Å². The van der Waals surface area contributed by atoms with Gasteiger partial charge in [0.15, 0.2) is 10.8 Å². The maximum atomic E-state index is 12.3. The van der Waals surface area contributed by atoms with Gasteiger partial charge in [0.25, 0.3) is 10.0 Å². The van der Waals surface area contributed by atoms with Crippen LogP contribution in [0.5, 0.6) is 0 Å². The lowest BCUT2D eigenvalue weighted by molar-refractivity contribution is 0.576. The number of aromatic nitrogens is 2. The molecule has 1 fully saturated rings. The fourth-order valence-electron chi connectivity index (χ4n) is 1.87. The predicted molar refractivity (Wildman–Crippen MR) is 68.1 cm³/mol. The van der Waals surface area contributed by atoms with Crippen molar-refractivity contribution in [3.63, 3.8) is 0 Å². The molecule has 2 heterocycles. The number of pyridine rings is 1. The highest BCUT2D eigenvalue weighted by atomic mass is 32.2. The van der Waals surface area contributed by atoms with Crippen molar-refractivity contribution in [1.29, 1.82) is 0 Å². The zero-order valence-corrected chi connectivity index (χ0v) is 10.7. The summed E-state index contributed by atoms with van der Waals surface area (Å²) in [7, 11) is -1.87. The lowest BCUT2D eigenvalue weighted by Gasteiger charge is -2.06. The number of nitrogens with one attached hydrogen (secondary N) is 2. The van der Waals surface area contributed by atoms with E-state index in [2.05, 4.69) is 15.0 Å². The number of sulfonamides is 1. The van der Waals surface area contributed by atoms with Crippen LogP contribution in [-0.2, 0) is 10.0 Å². The molecule has 0 bridgehead atoms. The summed E-state index contributed by atoms with van der Waals surface area (Å²) in [5.74, 6) is 0.370. The summed E-state index contributed by atoms with van der Waals surface area (Å²) < 4.78 is 28.9. The summed E-state index contributed by atoms with van der Waals surface area (Å²) in [6.07, 6.45) is 3.51. The first-order valence-corrected chi connectivity index (χ1v) is 7.27. The normalized spacial score (nSPS) is 16.1. The molecule has 6 nitrogen and oxygen atoms in total. The first-order valence-electron chi connectivity index (χ1n) is 5.79. The van der Waals surface area contributed by atoms with Crippen molar-refractivity contribution in [3.05, 3.63) is 24.4 Å². The van der Waals surface area contributed by atoms with Crippen molar-refractivity contribution < 1.29 is 8.42 Å². The van der Waals surface area contributed by atoms with E-state index in [0.29, 0.717) is 11.5 Å². The Kier molecular flexibility index (Phi) is 2.53. The largest absolute Gasteiger partial charge is 0.371 e. The molecule has 0 aromatic carbocycles. The standard InChI is InChI=1S/C11H14N4O2S/c1-12-10-11(18(16,17)14-8-5-6-8)15-7-3-2-4-9(15)13-10/h2-4,7-8,12,14H,5-6H2,1H3. The maximum Gasteiger partial charge on any atom is 0.260 e. The summed E-state index contributed by atoms with van der Waals surface area (Å²) in [4.78, 5) is 4.26. The molecule has 7 heteroatoms. The van der Waals surface area contributed by atoms with E-state index in [1.54, 1.807) is 29.8 Å². The third-order valence-electron chi connectivity index (χ3n) is 2.88. The molecule has 1 aliphatic rings. The highest BCUT2D eigenvalue weighted by molar-refractivity contribution is 7.89. The van der Waals surface area contributed by atoms with Crippen molar-refractivity contribution in [1.82, 2.24) is 14.1 Å². The van der Waals surface area contributed by atoms with Gasteiger partial charge < -0.3 is 5.32 Å². The van der Waals surface area contributed by atoms with Gasteiger partial charge in [0, 0.05) is 19.3 Å². The van der Waals surface area contributed by atoms with E-state index in [-0.39, 0.29) is 11.1 Å². The zero-order chi connectivity index (χ0) is 12.8. The third kappa shape index (κ3) is 1.85. The van der Waals surface area contributed by atoms with Crippen LogP contribution < -0.4 is 10.0 Å². The van der Waals surface area contributed by atoms with Crippen LogP contribution in [0, 0.1) is 0 Å². The van der Waals surface area contributed by atoms with Crippen molar-refractivity contribution in [2.75, 3.05) is 12.4 Å². The number of fused-ring (bicyclic) bond motifs is 1. The van der Waals surface area contributed by atoms with Crippen LogP contribution in [0.25, 0.3) is 5.65 Å². The van der Waals surface area contributed by atoms with E-state index < -0.39 is 10.0 Å². The molecule has 3 rings (SSSR count). The molecule has 2 aromatic heterocycles. The Labute approximate surface area is 105 Å². The minimum Gasteiger partial charge on any atom is -0.371 e. The quantitative estimate of drug-likeness (QED) is 0.859. The Balaban J connectivity index is 2.19. The summed E-state index contributed by atoms with van der Waals surface area (Å²) in [5, 5.41) is 3.01. The van der Waals surface area contributed by atoms with Crippen LogP contribution in [0.1, 0.15) is 12.8 Å². The average Bonchev–Trinajstić information content (AvgIpc) is 3.05. The number of hydrogen-bond acceptors (Lipinski definition) is 4. The number of imidazole rings is 1. The van der Waals surface area contributed by atoms with E-state index in [9.17, 15) is 8.42 Å². The predicted octanol–water partition coefficient (Wildman–Crippen LogP) is 0.817. The molecular formula is C11H14N4O2S. The molecular weight excluding hydrogens is 252 g/mol. The monoisotopic (exact) mass is 266 g/mol. The molecule has 0 spiro atoms. The van der Waals surface area contributed by atoms with Gasteiger partial charge in [-0.3, -0.25) is 4.40 Å². The molecule has 0 saturated heterocycles. The van der Waals surface area contributed by atoms with Crippen LogP contribution in [0.3, 0.4) is 0 Å². The smallest absolute Gasteiger partial charge is 0.260 e. The van der Waals surface area contributed by atoms with E-state index in [4.69, 9.17) is 0 Å². The molecule has 2 aromatic rings. The maximum absolute atomic E-state index is 12.3. The van der Waals surface area contributed by atoms with Crippen molar-refractivity contribution >= 4 is 21.5 Å². The van der Waals surface area contributed by atoms with Gasteiger partial charge in [0.1, 0.15) is 5.65 Å². The molecule has 0 aliphatic heterocycles. The average molecular weight is 266 g/mol. The topological polar surface area (TPSA) is 75.5 Å². The Morgan fingerprint density at radius 1 is 1.39 bits per heavy atom. The van der Waals surface area contributed by atoms with Gasteiger partial charge >= 0.3 is 0 Å². The molecule has 0 amide bonds. The molecule has 18 heavy (non-hydrogen) atoms. The van der Waals surface area contributed by atoms with Crippen LogP contribution in [0.2, 0.25) is 0 Å². The molecule has 2 N–H and O–H groups in total. The lowest BCUT2D eigenvalue weighted by Crippen LogP contribution is -2.27. The van der Waals surface area contributed by atoms with Crippen molar-refractivity contribution in [2.45, 2.75) is 23.9 Å². The van der Waals surface area contributed by atoms with Gasteiger partial charge in [0.05, 0.1) is 0 Å². The number of anilines is 1. The van der Waals surface area contributed by atoms with Crippen molar-refractivity contribution in [3.8, 4) is 0 Å². The SMILES string of the molecule is CNc1nc2ccccn2c1S(=O)(=O)NC1CC1. The molecule has 96 valence electrons. The molecule has 0 radical (unpaired) electrons. The number of rotatable bonds is 4. The number of hydrogen-bond donors (Lipinski definition) is 2. The second-order valence-electron chi connectivity index (χ2n) is 4.34. The van der Waals surface area contributed by atoms with Crippen LogP contribution >= 0.6 is 0 Å². The summed E-state index contributed by atoms with van der Waals surface area (Å²) in [6.45, 7) is 0. The fourth-order valence-corrected chi connectivity index (χ4v) is 3.47. The molecule has 1 aliphatic carbocycles. The zero-order valence-electron chi connectivity index (χ0n) is 9.92. The summed E-state index contributed by atoms with van der Waals surface area (Å²) in [6, 6.07) is 5.46. The first kappa shape index (κ1) is 11.5. The van der Waals surface area contributed by atoms with E-state index in [0.717, 1.165) is 12.8 Å². The third-order valence-corrected chi connectivity index (χ3v) is 4.42. The highest BCUT2D eigenvalue weighted by Crippen LogP contribution is 2.26. The molecule has 1 saturated carbocycles. The van der Waals surface area contributed by atoms with Crippen LogP contribution in [-0.4, -0.2) is 30.9 Å². The van der Waals surface area contributed by atoms with E-state index in [1.165, 1.54) is 0 Å². The summed E-state index contributed by atoms with van der Waals surface area (Å²) in [5.41, 5.74) is 0.609. The highest BCUT2D eigenvalue weighted by Gasteiger charge is 2.32.